The molecule has 0 aliphatic rings. The smallest absolute Gasteiger partial charge is 0.225 e. The van der Waals surface area contributed by atoms with Crippen molar-refractivity contribution in [1.82, 2.24) is 19.5 Å². The van der Waals surface area contributed by atoms with E-state index in [1.807, 2.05) is 0 Å². The number of fused-ring (bicyclic) bond motifs is 1. The molecular weight excluding hydrogens is 591 g/mol. The van der Waals surface area contributed by atoms with Gasteiger partial charge in [0.2, 0.25) is 0 Å². The van der Waals surface area contributed by atoms with Crippen LogP contribution in [-0.4, -0.2) is 27.6 Å². The molecule has 47 heavy (non-hydrogen) atoms. The molecule has 5 aromatic rings. The van der Waals surface area contributed by atoms with Gasteiger partial charge in [0, 0.05) is 27.5 Å². The molecule has 0 saturated carbocycles. The third-order valence-corrected chi connectivity index (χ3v) is 11.3. The SMILES string of the molecule is Cc1cc([Si](C)(C)C)ccc1-c1n(-c2c(C(C)C)cc(-c3nc(C(C)(C)C)nc(C(C)(C)C)n3)cc2C(C)C)c2ccccc2[n+]1C. The first-order valence-electron chi connectivity index (χ1n) is 17.3. The molecule has 0 N–H and O–H groups in total. The van der Waals surface area contributed by atoms with Gasteiger partial charge < -0.3 is 0 Å². The van der Waals surface area contributed by atoms with Crippen molar-refractivity contribution in [2.24, 2.45) is 7.05 Å². The van der Waals surface area contributed by atoms with Gasteiger partial charge in [-0.2, -0.15) is 4.57 Å². The van der Waals surface area contributed by atoms with Crippen LogP contribution in [0.5, 0.6) is 0 Å². The minimum absolute atomic E-state index is 0.198. The topological polar surface area (TPSA) is 47.5 Å². The van der Waals surface area contributed by atoms with E-state index in [0.717, 1.165) is 23.0 Å². The monoisotopic (exact) mass is 646 g/mol. The number of rotatable bonds is 6. The van der Waals surface area contributed by atoms with Crippen LogP contribution in [0.3, 0.4) is 0 Å². The van der Waals surface area contributed by atoms with E-state index in [9.17, 15) is 0 Å². The molecule has 0 aliphatic carbocycles. The largest absolute Gasteiger partial charge is 0.295 e. The molecule has 0 amide bonds. The molecule has 0 bridgehead atoms. The highest BCUT2D eigenvalue weighted by molar-refractivity contribution is 6.88. The van der Waals surface area contributed by atoms with Crippen LogP contribution in [0, 0.1) is 6.92 Å². The summed E-state index contributed by atoms with van der Waals surface area (Å²) in [7, 11) is 0.754. The number of aryl methyl sites for hydroxylation is 2. The highest BCUT2D eigenvalue weighted by Crippen LogP contribution is 2.40. The number of imidazole rings is 1. The Morgan fingerprint density at radius 3 is 1.72 bits per heavy atom. The molecule has 0 aliphatic heterocycles. The maximum absolute atomic E-state index is 5.12. The first kappa shape index (κ1) is 34.7. The molecule has 2 aromatic heterocycles. The van der Waals surface area contributed by atoms with Gasteiger partial charge in [0.05, 0.1) is 20.7 Å². The lowest BCUT2D eigenvalue weighted by Crippen LogP contribution is -2.38. The third kappa shape index (κ3) is 6.58. The zero-order chi connectivity index (χ0) is 34.8. The third-order valence-electron chi connectivity index (χ3n) is 9.22. The summed E-state index contributed by atoms with van der Waals surface area (Å²) in [5.41, 5.74) is 9.51. The van der Waals surface area contributed by atoms with Gasteiger partial charge in [0.1, 0.15) is 17.3 Å². The molecular formula is C41H56N5Si+. The molecule has 248 valence electrons. The minimum Gasteiger partial charge on any atom is -0.225 e. The Balaban J connectivity index is 1.89. The Kier molecular flexibility index (Phi) is 8.93. The van der Waals surface area contributed by atoms with Gasteiger partial charge in [-0.05, 0) is 54.7 Å². The predicted molar refractivity (Wildman–Crippen MR) is 202 cm³/mol. The number of hydrogen-bond donors (Lipinski definition) is 0. The zero-order valence-corrected chi connectivity index (χ0v) is 32.6. The Morgan fingerprint density at radius 2 is 1.26 bits per heavy atom. The van der Waals surface area contributed by atoms with Crippen LogP contribution >= 0.6 is 0 Å². The second-order valence-corrected chi connectivity index (χ2v) is 22.2. The maximum atomic E-state index is 5.12. The van der Waals surface area contributed by atoms with Crippen molar-refractivity contribution >= 4 is 24.3 Å². The standard InChI is InChI=1S/C41H56N5Si/c1-25(2)31-23-28(36-42-38(40(6,7)8)44-39(43-36)41(9,10)11)24-32(26(3)4)35(31)46-34-19-17-16-18-33(34)45(12)37(46)30-21-20-29(22-27(30)5)47(13,14)15/h16-26H,1-15H3/q+1. The van der Waals surface area contributed by atoms with E-state index in [4.69, 9.17) is 15.0 Å². The molecule has 0 atom stereocenters. The average molecular weight is 647 g/mol. The summed E-state index contributed by atoms with van der Waals surface area (Å²) in [5, 5.41) is 1.49. The van der Waals surface area contributed by atoms with Crippen molar-refractivity contribution < 1.29 is 4.57 Å². The zero-order valence-electron chi connectivity index (χ0n) is 31.6. The number of benzene rings is 3. The van der Waals surface area contributed by atoms with Gasteiger partial charge in [0.25, 0.3) is 5.82 Å². The Bertz CT molecular complexity index is 1900. The first-order valence-corrected chi connectivity index (χ1v) is 20.8. The van der Waals surface area contributed by atoms with Crippen molar-refractivity contribution in [1.29, 1.82) is 0 Å². The van der Waals surface area contributed by atoms with E-state index in [-0.39, 0.29) is 22.7 Å². The van der Waals surface area contributed by atoms with Gasteiger partial charge in [-0.3, -0.25) is 0 Å². The normalized spacial score (nSPS) is 13.0. The molecule has 3 aromatic carbocycles. The molecule has 0 radical (unpaired) electrons. The van der Waals surface area contributed by atoms with Crippen LogP contribution in [0.1, 0.15) is 109 Å². The van der Waals surface area contributed by atoms with Crippen molar-refractivity contribution in [2.75, 3.05) is 0 Å². The van der Waals surface area contributed by atoms with Crippen LogP contribution in [0.4, 0.5) is 0 Å². The van der Waals surface area contributed by atoms with E-state index in [2.05, 4.69) is 167 Å². The second kappa shape index (κ2) is 12.1. The van der Waals surface area contributed by atoms with Crippen molar-refractivity contribution in [3.63, 3.8) is 0 Å². The van der Waals surface area contributed by atoms with Gasteiger partial charge in [-0.15, -0.1) is 0 Å². The summed E-state index contributed by atoms with van der Waals surface area (Å²) in [4.78, 5) is 15.2. The van der Waals surface area contributed by atoms with E-state index < -0.39 is 8.07 Å². The average Bonchev–Trinajstić information content (AvgIpc) is 3.26. The maximum Gasteiger partial charge on any atom is 0.295 e. The molecule has 0 saturated heterocycles. The van der Waals surface area contributed by atoms with E-state index in [1.165, 1.54) is 50.0 Å². The Hall–Kier alpha value is -3.64. The molecule has 0 spiro atoms. The van der Waals surface area contributed by atoms with Gasteiger partial charge in [-0.1, -0.05) is 118 Å². The molecule has 5 rings (SSSR count). The molecule has 6 heteroatoms. The van der Waals surface area contributed by atoms with Gasteiger partial charge in [-0.25, -0.2) is 19.5 Å². The van der Waals surface area contributed by atoms with Crippen molar-refractivity contribution in [2.45, 2.75) is 118 Å². The summed E-state index contributed by atoms with van der Waals surface area (Å²) >= 11 is 0. The fourth-order valence-corrected chi connectivity index (χ4v) is 7.58. The fraction of sp³-hybridized carbons (Fsp3) is 0.463. The Morgan fingerprint density at radius 1 is 0.723 bits per heavy atom. The predicted octanol–water partition coefficient (Wildman–Crippen LogP) is 9.67. The van der Waals surface area contributed by atoms with Gasteiger partial charge in [0.15, 0.2) is 16.9 Å². The summed E-state index contributed by atoms with van der Waals surface area (Å²) in [6.45, 7) is 31.8. The number of nitrogens with zero attached hydrogens (tertiary/aromatic N) is 5. The van der Waals surface area contributed by atoms with E-state index in [0.29, 0.717) is 0 Å². The van der Waals surface area contributed by atoms with Crippen LogP contribution < -0.4 is 9.75 Å². The van der Waals surface area contributed by atoms with Crippen LogP contribution in [0.15, 0.2) is 54.6 Å². The Labute approximate surface area is 284 Å². The molecule has 0 unspecified atom stereocenters. The van der Waals surface area contributed by atoms with Crippen molar-refractivity contribution in [3.05, 3.63) is 82.9 Å². The van der Waals surface area contributed by atoms with Crippen LogP contribution in [0.2, 0.25) is 19.6 Å². The summed E-state index contributed by atoms with van der Waals surface area (Å²) in [6.07, 6.45) is 0. The van der Waals surface area contributed by atoms with Crippen LogP contribution in [0.25, 0.3) is 39.5 Å². The lowest BCUT2D eigenvalue weighted by Gasteiger charge is -2.24. The minimum atomic E-state index is -1.46. The highest BCUT2D eigenvalue weighted by atomic mass is 28.3. The van der Waals surface area contributed by atoms with E-state index >= 15 is 0 Å². The van der Waals surface area contributed by atoms with Gasteiger partial charge >= 0.3 is 0 Å². The number of hydrogen-bond acceptors (Lipinski definition) is 3. The van der Waals surface area contributed by atoms with E-state index in [1.54, 1.807) is 0 Å². The second-order valence-electron chi connectivity index (χ2n) is 17.1. The highest BCUT2D eigenvalue weighted by Gasteiger charge is 2.33. The van der Waals surface area contributed by atoms with Crippen LogP contribution in [-0.2, 0) is 17.9 Å². The molecule has 0 fully saturated rings. The quantitative estimate of drug-likeness (QED) is 0.136. The number of para-hydroxylation sites is 2. The molecule has 5 nitrogen and oxygen atoms in total. The fourth-order valence-electron chi connectivity index (χ4n) is 6.35. The first-order chi connectivity index (χ1) is 21.7. The lowest BCUT2D eigenvalue weighted by atomic mass is 9.89. The summed E-state index contributed by atoms with van der Waals surface area (Å²) < 4.78 is 4.92. The lowest BCUT2D eigenvalue weighted by molar-refractivity contribution is -0.633. The summed E-state index contributed by atoms with van der Waals surface area (Å²) in [5.74, 6) is 4.15. The molecule has 2 heterocycles. The summed E-state index contributed by atoms with van der Waals surface area (Å²) in [6, 6.07) is 20.7. The van der Waals surface area contributed by atoms with Crippen molar-refractivity contribution in [3.8, 4) is 28.5 Å². The number of aromatic nitrogens is 5.